The van der Waals surface area contributed by atoms with E-state index in [0.29, 0.717) is 17.1 Å². The zero-order chi connectivity index (χ0) is 17.3. The number of nitrogens with zero attached hydrogens (tertiary/aromatic N) is 2. The molecular formula is C18H15Cl2N3O2. The fourth-order valence-electron chi connectivity index (χ4n) is 5.19. The second-order valence-electron chi connectivity index (χ2n) is 7.23. The Hall–Kier alpha value is -1.69. The Kier molecular flexibility index (Phi) is 3.21. The number of carbonyl (C=O) groups excluding carboxylic acids is 1. The Morgan fingerprint density at radius 2 is 2.04 bits per heavy atom. The summed E-state index contributed by atoms with van der Waals surface area (Å²) < 4.78 is 0. The number of pyridine rings is 2. The van der Waals surface area contributed by atoms with Crippen molar-refractivity contribution >= 4 is 34.8 Å². The van der Waals surface area contributed by atoms with Gasteiger partial charge in [0.2, 0.25) is 5.91 Å². The molecule has 3 aliphatic rings. The lowest BCUT2D eigenvalue weighted by atomic mass is 9.66. The van der Waals surface area contributed by atoms with Gasteiger partial charge < -0.3 is 10.4 Å². The van der Waals surface area contributed by atoms with Crippen molar-refractivity contribution < 1.29 is 9.90 Å². The third-order valence-electron chi connectivity index (χ3n) is 6.15. The van der Waals surface area contributed by atoms with Crippen molar-refractivity contribution in [3.05, 3.63) is 52.5 Å². The molecule has 0 aromatic carbocycles. The number of aromatic nitrogens is 2. The number of rotatable bonds is 3. The Morgan fingerprint density at radius 3 is 2.76 bits per heavy atom. The molecule has 0 spiro atoms. The van der Waals surface area contributed by atoms with Gasteiger partial charge in [-0.25, -0.2) is 4.98 Å². The van der Waals surface area contributed by atoms with E-state index in [1.165, 1.54) is 6.20 Å². The Morgan fingerprint density at radius 1 is 1.28 bits per heavy atom. The normalized spacial score (nSPS) is 37.2. The first kappa shape index (κ1) is 15.6. The molecule has 128 valence electrons. The molecule has 2 aromatic rings. The van der Waals surface area contributed by atoms with E-state index >= 15 is 0 Å². The topological polar surface area (TPSA) is 75.1 Å². The van der Waals surface area contributed by atoms with Crippen LogP contribution in [0.3, 0.4) is 0 Å². The lowest BCUT2D eigenvalue weighted by Gasteiger charge is -2.40. The van der Waals surface area contributed by atoms with E-state index in [-0.39, 0.29) is 40.6 Å². The minimum Gasteiger partial charge on any atom is -0.389 e. The summed E-state index contributed by atoms with van der Waals surface area (Å²) in [6.45, 7) is 0. The first-order chi connectivity index (χ1) is 12.0. The van der Waals surface area contributed by atoms with E-state index in [2.05, 4.69) is 15.3 Å². The maximum Gasteiger partial charge on any atom is 0.228 e. The number of nitrogens with one attached hydrogen (secondary N) is 1. The SMILES string of the molecule is O=C(Nc1cnc(Cl)c(Cl)c1)[C@@H]1[C@H](c2ccncc2)[C@@H]2C3[C@H]1C[C@@]32O. The molecule has 5 rings (SSSR count). The van der Waals surface area contributed by atoms with Gasteiger partial charge in [0.25, 0.3) is 0 Å². The Labute approximate surface area is 154 Å². The highest BCUT2D eigenvalue weighted by Crippen LogP contribution is 2.81. The minimum atomic E-state index is -0.555. The van der Waals surface area contributed by atoms with E-state index in [0.717, 1.165) is 5.56 Å². The first-order valence-electron chi connectivity index (χ1n) is 8.25. The molecule has 3 saturated carbocycles. The van der Waals surface area contributed by atoms with Crippen LogP contribution >= 0.6 is 23.2 Å². The summed E-state index contributed by atoms with van der Waals surface area (Å²) in [5.41, 5.74) is 1.04. The summed E-state index contributed by atoms with van der Waals surface area (Å²) in [7, 11) is 0. The Bertz CT molecular complexity index is 878. The molecule has 25 heavy (non-hydrogen) atoms. The lowest BCUT2D eigenvalue weighted by molar-refractivity contribution is -0.127. The van der Waals surface area contributed by atoms with Crippen LogP contribution in [0.25, 0.3) is 0 Å². The van der Waals surface area contributed by atoms with Crippen LogP contribution in [0.4, 0.5) is 5.69 Å². The third-order valence-corrected chi connectivity index (χ3v) is 6.83. The summed E-state index contributed by atoms with van der Waals surface area (Å²) in [4.78, 5) is 21.0. The van der Waals surface area contributed by atoms with Crippen LogP contribution in [0.2, 0.25) is 10.2 Å². The van der Waals surface area contributed by atoms with Gasteiger partial charge in [0, 0.05) is 30.1 Å². The van der Waals surface area contributed by atoms with E-state index < -0.39 is 5.60 Å². The molecular weight excluding hydrogens is 361 g/mol. The number of carbonyl (C=O) groups is 1. The van der Waals surface area contributed by atoms with Crippen molar-refractivity contribution in [1.82, 2.24) is 9.97 Å². The van der Waals surface area contributed by atoms with Crippen molar-refractivity contribution in [1.29, 1.82) is 0 Å². The summed E-state index contributed by atoms with van der Waals surface area (Å²) in [6.07, 6.45) is 5.68. The molecule has 3 aliphatic carbocycles. The van der Waals surface area contributed by atoms with Gasteiger partial charge in [-0.1, -0.05) is 23.2 Å². The highest BCUT2D eigenvalue weighted by molar-refractivity contribution is 6.41. The number of aliphatic hydroxyl groups is 1. The number of fused-ring (bicyclic) bond motifs is 1. The lowest BCUT2D eigenvalue weighted by Crippen LogP contribution is -2.46. The van der Waals surface area contributed by atoms with Gasteiger partial charge in [0.1, 0.15) is 5.15 Å². The molecule has 2 N–H and O–H groups in total. The molecule has 5 nitrogen and oxygen atoms in total. The van der Waals surface area contributed by atoms with Crippen molar-refractivity contribution in [3.63, 3.8) is 0 Å². The largest absolute Gasteiger partial charge is 0.389 e. The molecule has 0 radical (unpaired) electrons. The molecule has 2 heterocycles. The van der Waals surface area contributed by atoms with Crippen molar-refractivity contribution in [2.75, 3.05) is 5.32 Å². The van der Waals surface area contributed by atoms with E-state index in [1.54, 1.807) is 18.5 Å². The maximum atomic E-state index is 13.0. The van der Waals surface area contributed by atoms with Crippen LogP contribution in [0.5, 0.6) is 0 Å². The van der Waals surface area contributed by atoms with E-state index in [9.17, 15) is 9.90 Å². The number of halogens is 2. The van der Waals surface area contributed by atoms with Crippen LogP contribution in [0.15, 0.2) is 36.8 Å². The highest BCUT2D eigenvalue weighted by Gasteiger charge is 2.84. The fraction of sp³-hybridized carbons (Fsp3) is 0.389. The van der Waals surface area contributed by atoms with Crippen LogP contribution in [-0.2, 0) is 4.79 Å². The predicted octanol–water partition coefficient (Wildman–Crippen LogP) is 3.13. The summed E-state index contributed by atoms with van der Waals surface area (Å²) >= 11 is 11.8. The maximum absolute atomic E-state index is 13.0. The standard InChI is InChI=1S/C18H15Cl2N3O2/c19-11-5-9(7-22-16(11)20)23-17(24)13-10-6-18(25)14(10)15(18)12(13)8-1-3-21-4-2-8/h1-5,7,10,12-15,25H,6H2,(H,23,24)/t10-,12-,13-,14?,15+,18+/m0/s1. The highest BCUT2D eigenvalue weighted by atomic mass is 35.5. The minimum absolute atomic E-state index is 0.0208. The van der Waals surface area contributed by atoms with Crippen LogP contribution in [-0.4, -0.2) is 26.6 Å². The van der Waals surface area contributed by atoms with Gasteiger partial charge >= 0.3 is 0 Å². The molecule has 6 atom stereocenters. The number of amides is 1. The zero-order valence-corrected chi connectivity index (χ0v) is 14.6. The number of hydrogen-bond acceptors (Lipinski definition) is 4. The summed E-state index contributed by atoms with van der Waals surface area (Å²) in [5.74, 6) is 0.439. The molecule has 3 fully saturated rings. The number of anilines is 1. The van der Waals surface area contributed by atoms with Crippen molar-refractivity contribution in [2.45, 2.75) is 17.9 Å². The second kappa shape index (κ2) is 5.16. The van der Waals surface area contributed by atoms with Gasteiger partial charge in [-0.2, -0.15) is 0 Å². The third kappa shape index (κ3) is 2.09. The van der Waals surface area contributed by atoms with E-state index in [1.807, 2.05) is 12.1 Å². The van der Waals surface area contributed by atoms with Gasteiger partial charge in [0.05, 0.1) is 22.5 Å². The van der Waals surface area contributed by atoms with Gasteiger partial charge in [-0.3, -0.25) is 9.78 Å². The van der Waals surface area contributed by atoms with Crippen LogP contribution in [0, 0.1) is 23.7 Å². The monoisotopic (exact) mass is 375 g/mol. The molecule has 0 bridgehead atoms. The molecule has 1 amide bonds. The smallest absolute Gasteiger partial charge is 0.228 e. The predicted molar refractivity (Wildman–Crippen MR) is 93.4 cm³/mol. The molecule has 7 heteroatoms. The fourth-order valence-corrected chi connectivity index (χ4v) is 5.46. The van der Waals surface area contributed by atoms with E-state index in [4.69, 9.17) is 23.2 Å². The average Bonchev–Trinajstić information content (AvgIpc) is 2.92. The van der Waals surface area contributed by atoms with Crippen molar-refractivity contribution in [3.8, 4) is 0 Å². The van der Waals surface area contributed by atoms with Crippen LogP contribution in [0.1, 0.15) is 17.9 Å². The van der Waals surface area contributed by atoms with Gasteiger partial charge in [-0.15, -0.1) is 0 Å². The molecule has 0 saturated heterocycles. The van der Waals surface area contributed by atoms with Gasteiger partial charge in [0.15, 0.2) is 0 Å². The zero-order valence-electron chi connectivity index (χ0n) is 13.1. The second-order valence-corrected chi connectivity index (χ2v) is 7.99. The summed E-state index contributed by atoms with van der Waals surface area (Å²) in [5, 5.41) is 14.0. The molecule has 2 aromatic heterocycles. The quantitative estimate of drug-likeness (QED) is 0.808. The van der Waals surface area contributed by atoms with Crippen molar-refractivity contribution in [2.24, 2.45) is 23.7 Å². The summed E-state index contributed by atoms with van der Waals surface area (Å²) in [6, 6.07) is 5.48. The Balaban J connectivity index is 1.44. The van der Waals surface area contributed by atoms with Gasteiger partial charge in [-0.05, 0) is 42.0 Å². The average molecular weight is 376 g/mol. The molecule has 1 unspecified atom stereocenters. The van der Waals surface area contributed by atoms with Crippen LogP contribution < -0.4 is 5.32 Å². The molecule has 0 aliphatic heterocycles. The first-order valence-corrected chi connectivity index (χ1v) is 9.00. The number of hydrogen-bond donors (Lipinski definition) is 2.